The molecule has 20 heavy (non-hydrogen) atoms. The molecule has 4 nitrogen and oxygen atoms in total. The summed E-state index contributed by atoms with van der Waals surface area (Å²) < 4.78 is 0. The van der Waals surface area contributed by atoms with Gasteiger partial charge in [-0.3, -0.25) is 9.89 Å². The predicted octanol–water partition coefficient (Wildman–Crippen LogP) is 2.47. The summed E-state index contributed by atoms with van der Waals surface area (Å²) in [7, 11) is 0. The van der Waals surface area contributed by atoms with Crippen molar-refractivity contribution in [1.82, 2.24) is 15.5 Å². The minimum absolute atomic E-state index is 0. The standard InChI is InChI=1S/C15H30N4.HI/c1-5-9-17-15(16-6-2)18-11-14(4)19-10-7-8-13(3)12-19;/h5,13-14H,1,6-12H2,2-4H3,(H2,16,17,18);1H. The van der Waals surface area contributed by atoms with Crippen molar-refractivity contribution in [3.05, 3.63) is 12.7 Å². The van der Waals surface area contributed by atoms with Crippen LogP contribution in [0, 0.1) is 5.92 Å². The highest BCUT2D eigenvalue weighted by Gasteiger charge is 2.20. The summed E-state index contributed by atoms with van der Waals surface area (Å²) in [5.74, 6) is 1.71. The van der Waals surface area contributed by atoms with E-state index in [0.717, 1.165) is 31.5 Å². The minimum Gasteiger partial charge on any atom is -0.357 e. The number of hydrogen-bond donors (Lipinski definition) is 2. The molecule has 1 aliphatic heterocycles. The zero-order valence-electron chi connectivity index (χ0n) is 13.2. The number of hydrogen-bond acceptors (Lipinski definition) is 2. The molecule has 0 radical (unpaired) electrons. The van der Waals surface area contributed by atoms with Crippen molar-refractivity contribution < 1.29 is 0 Å². The van der Waals surface area contributed by atoms with Gasteiger partial charge in [-0.1, -0.05) is 13.0 Å². The monoisotopic (exact) mass is 394 g/mol. The highest BCUT2D eigenvalue weighted by Crippen LogP contribution is 2.17. The van der Waals surface area contributed by atoms with E-state index in [2.05, 4.69) is 47.9 Å². The van der Waals surface area contributed by atoms with Crippen molar-refractivity contribution >= 4 is 29.9 Å². The van der Waals surface area contributed by atoms with Gasteiger partial charge in [0.05, 0.1) is 6.54 Å². The largest absolute Gasteiger partial charge is 0.357 e. The number of piperidine rings is 1. The van der Waals surface area contributed by atoms with Gasteiger partial charge in [0.2, 0.25) is 0 Å². The maximum absolute atomic E-state index is 4.66. The van der Waals surface area contributed by atoms with Gasteiger partial charge >= 0.3 is 0 Å². The molecule has 1 aliphatic rings. The fourth-order valence-electron chi connectivity index (χ4n) is 2.48. The van der Waals surface area contributed by atoms with E-state index in [9.17, 15) is 0 Å². The van der Waals surface area contributed by atoms with Crippen LogP contribution in [0.1, 0.15) is 33.6 Å². The van der Waals surface area contributed by atoms with E-state index < -0.39 is 0 Å². The molecule has 1 rings (SSSR count). The Morgan fingerprint density at radius 3 is 2.85 bits per heavy atom. The third kappa shape index (κ3) is 7.47. The second kappa shape index (κ2) is 11.4. The Hall–Kier alpha value is -0.300. The van der Waals surface area contributed by atoms with Crippen molar-refractivity contribution in [2.45, 2.75) is 39.7 Å². The summed E-state index contributed by atoms with van der Waals surface area (Å²) in [5.41, 5.74) is 0. The summed E-state index contributed by atoms with van der Waals surface area (Å²) in [6.07, 6.45) is 4.54. The summed E-state index contributed by atoms with van der Waals surface area (Å²) >= 11 is 0. The Balaban J connectivity index is 0.00000361. The van der Waals surface area contributed by atoms with Gasteiger partial charge in [-0.2, -0.15) is 0 Å². The van der Waals surface area contributed by atoms with Crippen LogP contribution < -0.4 is 10.6 Å². The molecule has 0 spiro atoms. The highest BCUT2D eigenvalue weighted by molar-refractivity contribution is 14.0. The van der Waals surface area contributed by atoms with Crippen LogP contribution in [0.15, 0.2) is 17.6 Å². The molecule has 2 N–H and O–H groups in total. The molecular formula is C15H31IN4. The number of aliphatic imine (C=N–C) groups is 1. The van der Waals surface area contributed by atoms with Gasteiger partial charge in [0, 0.05) is 25.7 Å². The fraction of sp³-hybridized carbons (Fsp3) is 0.800. The van der Waals surface area contributed by atoms with Crippen molar-refractivity contribution in [1.29, 1.82) is 0 Å². The Kier molecular flexibility index (Phi) is 11.2. The maximum Gasteiger partial charge on any atom is 0.191 e. The van der Waals surface area contributed by atoms with Crippen LogP contribution in [-0.2, 0) is 0 Å². The second-order valence-corrected chi connectivity index (χ2v) is 5.48. The van der Waals surface area contributed by atoms with E-state index in [1.54, 1.807) is 0 Å². The van der Waals surface area contributed by atoms with Crippen molar-refractivity contribution in [2.75, 3.05) is 32.7 Å². The number of guanidine groups is 1. The third-order valence-electron chi connectivity index (χ3n) is 3.58. The molecule has 0 aromatic heterocycles. The number of likely N-dealkylation sites (tertiary alicyclic amines) is 1. The zero-order chi connectivity index (χ0) is 14.1. The Bertz CT molecular complexity index is 294. The Morgan fingerprint density at radius 1 is 1.50 bits per heavy atom. The summed E-state index contributed by atoms with van der Waals surface area (Å²) in [5, 5.41) is 6.50. The van der Waals surface area contributed by atoms with Crippen LogP contribution in [0.4, 0.5) is 0 Å². The second-order valence-electron chi connectivity index (χ2n) is 5.48. The van der Waals surface area contributed by atoms with E-state index in [1.807, 2.05) is 6.08 Å². The highest BCUT2D eigenvalue weighted by atomic mass is 127. The fourth-order valence-corrected chi connectivity index (χ4v) is 2.48. The van der Waals surface area contributed by atoms with E-state index in [-0.39, 0.29) is 24.0 Å². The SMILES string of the molecule is C=CCNC(=NCC(C)N1CCCC(C)C1)NCC.I. The van der Waals surface area contributed by atoms with Crippen LogP contribution in [0.2, 0.25) is 0 Å². The van der Waals surface area contributed by atoms with Gasteiger partial charge in [0.1, 0.15) is 0 Å². The van der Waals surface area contributed by atoms with Gasteiger partial charge < -0.3 is 10.6 Å². The van der Waals surface area contributed by atoms with Crippen LogP contribution in [0.5, 0.6) is 0 Å². The molecule has 2 atom stereocenters. The maximum atomic E-state index is 4.66. The average Bonchev–Trinajstić information content (AvgIpc) is 2.41. The normalized spacial score (nSPS) is 21.8. The molecule has 2 unspecified atom stereocenters. The van der Waals surface area contributed by atoms with Crippen molar-refractivity contribution in [2.24, 2.45) is 10.9 Å². The number of nitrogens with zero attached hydrogens (tertiary/aromatic N) is 2. The predicted molar refractivity (Wildman–Crippen MR) is 99.0 cm³/mol. The molecule has 118 valence electrons. The topological polar surface area (TPSA) is 39.7 Å². The van der Waals surface area contributed by atoms with Crippen LogP contribution in [0.3, 0.4) is 0 Å². The molecule has 5 heteroatoms. The first-order valence-electron chi connectivity index (χ1n) is 7.54. The minimum atomic E-state index is 0. The lowest BCUT2D eigenvalue weighted by molar-refractivity contribution is 0.142. The molecular weight excluding hydrogens is 363 g/mol. The number of nitrogens with one attached hydrogen (secondary N) is 2. The first-order valence-corrected chi connectivity index (χ1v) is 7.54. The van der Waals surface area contributed by atoms with E-state index in [4.69, 9.17) is 0 Å². The lowest BCUT2D eigenvalue weighted by Crippen LogP contribution is -2.43. The van der Waals surface area contributed by atoms with Gasteiger partial charge in [0.15, 0.2) is 5.96 Å². The molecule has 0 bridgehead atoms. The first-order chi connectivity index (χ1) is 9.17. The zero-order valence-corrected chi connectivity index (χ0v) is 15.5. The smallest absolute Gasteiger partial charge is 0.191 e. The molecule has 0 aliphatic carbocycles. The molecule has 1 heterocycles. The Morgan fingerprint density at radius 2 is 2.25 bits per heavy atom. The summed E-state index contributed by atoms with van der Waals surface area (Å²) in [6, 6.07) is 0.516. The van der Waals surface area contributed by atoms with Crippen LogP contribution in [0.25, 0.3) is 0 Å². The number of rotatable bonds is 6. The third-order valence-corrected chi connectivity index (χ3v) is 3.58. The van der Waals surface area contributed by atoms with Crippen LogP contribution in [-0.4, -0.2) is 49.6 Å². The average molecular weight is 394 g/mol. The van der Waals surface area contributed by atoms with E-state index in [1.165, 1.54) is 25.9 Å². The quantitative estimate of drug-likeness (QED) is 0.315. The van der Waals surface area contributed by atoms with Crippen LogP contribution >= 0.6 is 24.0 Å². The molecule has 0 aromatic carbocycles. The molecule has 0 saturated carbocycles. The molecule has 1 fully saturated rings. The lowest BCUT2D eigenvalue weighted by Gasteiger charge is -2.35. The molecule has 1 saturated heterocycles. The van der Waals surface area contributed by atoms with Gasteiger partial charge in [-0.15, -0.1) is 30.6 Å². The van der Waals surface area contributed by atoms with Gasteiger partial charge in [0.25, 0.3) is 0 Å². The number of halogens is 1. The Labute approximate surface area is 141 Å². The van der Waals surface area contributed by atoms with Crippen molar-refractivity contribution in [3.8, 4) is 0 Å². The lowest BCUT2D eigenvalue weighted by atomic mass is 9.99. The molecule has 0 amide bonds. The van der Waals surface area contributed by atoms with E-state index >= 15 is 0 Å². The van der Waals surface area contributed by atoms with Crippen molar-refractivity contribution in [3.63, 3.8) is 0 Å². The summed E-state index contributed by atoms with van der Waals surface area (Å²) in [4.78, 5) is 7.22. The first kappa shape index (κ1) is 19.7. The summed E-state index contributed by atoms with van der Waals surface area (Å²) in [6.45, 7) is 15.3. The van der Waals surface area contributed by atoms with Gasteiger partial charge in [-0.05, 0) is 39.2 Å². The van der Waals surface area contributed by atoms with Gasteiger partial charge in [-0.25, -0.2) is 0 Å². The molecule has 0 aromatic rings. The van der Waals surface area contributed by atoms with E-state index in [0.29, 0.717) is 6.04 Å².